The quantitative estimate of drug-likeness (QED) is 0.783. The molecule has 1 aliphatic rings. The van der Waals surface area contributed by atoms with Crippen molar-refractivity contribution in [1.29, 1.82) is 0 Å². The summed E-state index contributed by atoms with van der Waals surface area (Å²) in [6.07, 6.45) is 2.03. The molecule has 2 rings (SSSR count). The number of hydrogen-bond donors (Lipinski definition) is 2. The molecular formula is C17H28N4OS. The highest BCUT2D eigenvalue weighted by molar-refractivity contribution is 7.98. The number of thioether (sulfide) groups is 1. The van der Waals surface area contributed by atoms with E-state index in [1.54, 1.807) is 11.8 Å². The SMILES string of the molecule is CSc1cccc(NC(=O)NCC(C)CN2CCN(C)CC2)c1. The van der Waals surface area contributed by atoms with Crippen LogP contribution in [0, 0.1) is 5.92 Å². The minimum Gasteiger partial charge on any atom is -0.338 e. The van der Waals surface area contributed by atoms with Gasteiger partial charge < -0.3 is 20.4 Å². The second kappa shape index (κ2) is 9.15. The Hall–Kier alpha value is -1.24. The van der Waals surface area contributed by atoms with Crippen LogP contribution in [-0.4, -0.2) is 68.4 Å². The lowest BCUT2D eigenvalue weighted by atomic mass is 10.1. The molecule has 1 aromatic rings. The fraction of sp³-hybridized carbons (Fsp3) is 0.588. The van der Waals surface area contributed by atoms with Crippen LogP contribution in [0.2, 0.25) is 0 Å². The van der Waals surface area contributed by atoms with Crippen LogP contribution in [0.15, 0.2) is 29.2 Å². The molecule has 1 aliphatic heterocycles. The Labute approximate surface area is 143 Å². The van der Waals surface area contributed by atoms with Gasteiger partial charge in [-0.05, 0) is 37.4 Å². The fourth-order valence-corrected chi connectivity index (χ4v) is 3.14. The summed E-state index contributed by atoms with van der Waals surface area (Å²) in [6, 6.07) is 7.75. The van der Waals surface area contributed by atoms with Crippen LogP contribution in [0.5, 0.6) is 0 Å². The monoisotopic (exact) mass is 336 g/mol. The molecular weight excluding hydrogens is 308 g/mol. The summed E-state index contributed by atoms with van der Waals surface area (Å²) in [5, 5.41) is 5.87. The number of amides is 2. The molecule has 1 aromatic carbocycles. The van der Waals surface area contributed by atoms with Gasteiger partial charge in [0.25, 0.3) is 0 Å². The van der Waals surface area contributed by atoms with Gasteiger partial charge in [0.15, 0.2) is 0 Å². The molecule has 0 aromatic heterocycles. The van der Waals surface area contributed by atoms with Gasteiger partial charge in [0.2, 0.25) is 0 Å². The molecule has 6 heteroatoms. The van der Waals surface area contributed by atoms with E-state index >= 15 is 0 Å². The molecule has 1 atom stereocenters. The van der Waals surface area contributed by atoms with Crippen LogP contribution in [0.1, 0.15) is 6.92 Å². The highest BCUT2D eigenvalue weighted by Crippen LogP contribution is 2.18. The van der Waals surface area contributed by atoms with Crippen LogP contribution in [0.3, 0.4) is 0 Å². The first-order chi connectivity index (χ1) is 11.1. The third-order valence-corrected chi connectivity index (χ3v) is 4.83. The van der Waals surface area contributed by atoms with Crippen molar-refractivity contribution < 1.29 is 4.79 Å². The van der Waals surface area contributed by atoms with Crippen LogP contribution in [0.4, 0.5) is 10.5 Å². The van der Waals surface area contributed by atoms with Crippen LogP contribution in [0.25, 0.3) is 0 Å². The molecule has 1 unspecified atom stereocenters. The number of urea groups is 1. The number of hydrogen-bond acceptors (Lipinski definition) is 4. The van der Waals surface area contributed by atoms with Crippen LogP contribution >= 0.6 is 11.8 Å². The standard InChI is InChI=1S/C17H28N4OS/c1-14(13-21-9-7-20(2)8-10-21)12-18-17(22)19-15-5-4-6-16(11-15)23-3/h4-6,11,14H,7-10,12-13H2,1-3H3,(H2,18,19,22). The summed E-state index contributed by atoms with van der Waals surface area (Å²) >= 11 is 1.67. The Morgan fingerprint density at radius 2 is 2.04 bits per heavy atom. The number of benzene rings is 1. The zero-order chi connectivity index (χ0) is 16.7. The smallest absolute Gasteiger partial charge is 0.319 e. The summed E-state index contributed by atoms with van der Waals surface area (Å²) in [7, 11) is 2.17. The molecule has 2 N–H and O–H groups in total. The van der Waals surface area contributed by atoms with Crippen LogP contribution in [-0.2, 0) is 0 Å². The van der Waals surface area contributed by atoms with Crippen molar-refractivity contribution in [3.05, 3.63) is 24.3 Å². The number of nitrogens with one attached hydrogen (secondary N) is 2. The van der Waals surface area contributed by atoms with Gasteiger partial charge in [0.1, 0.15) is 0 Å². The van der Waals surface area contributed by atoms with E-state index in [2.05, 4.69) is 34.4 Å². The molecule has 1 heterocycles. The lowest BCUT2D eigenvalue weighted by Gasteiger charge is -2.33. The largest absolute Gasteiger partial charge is 0.338 e. The van der Waals surface area contributed by atoms with E-state index in [1.807, 2.05) is 30.5 Å². The summed E-state index contributed by atoms with van der Waals surface area (Å²) in [5.41, 5.74) is 0.834. The predicted molar refractivity (Wildman–Crippen MR) is 98.3 cm³/mol. The van der Waals surface area contributed by atoms with Crippen molar-refractivity contribution in [2.24, 2.45) is 5.92 Å². The van der Waals surface area contributed by atoms with E-state index in [9.17, 15) is 4.79 Å². The lowest BCUT2D eigenvalue weighted by molar-refractivity contribution is 0.138. The van der Waals surface area contributed by atoms with Crippen molar-refractivity contribution in [3.63, 3.8) is 0 Å². The summed E-state index contributed by atoms with van der Waals surface area (Å²) in [4.78, 5) is 18.0. The average Bonchev–Trinajstić information content (AvgIpc) is 2.55. The molecule has 0 bridgehead atoms. The Balaban J connectivity index is 1.69. The Bertz CT molecular complexity index is 503. The number of rotatable bonds is 6. The van der Waals surface area contributed by atoms with Gasteiger partial charge in [-0.15, -0.1) is 11.8 Å². The first-order valence-electron chi connectivity index (χ1n) is 8.16. The third-order valence-electron chi connectivity index (χ3n) is 4.10. The van der Waals surface area contributed by atoms with E-state index in [0.29, 0.717) is 12.5 Å². The number of carbonyl (C=O) groups is 1. The normalized spacial score (nSPS) is 17.7. The maximum absolute atomic E-state index is 12.0. The second-order valence-electron chi connectivity index (χ2n) is 6.28. The summed E-state index contributed by atoms with van der Waals surface area (Å²) in [5.74, 6) is 0.446. The maximum Gasteiger partial charge on any atom is 0.319 e. The predicted octanol–water partition coefficient (Wildman–Crippen LogP) is 2.41. The van der Waals surface area contributed by atoms with Crippen molar-refractivity contribution in [2.45, 2.75) is 11.8 Å². The Morgan fingerprint density at radius 3 is 2.74 bits per heavy atom. The van der Waals surface area contributed by atoms with E-state index in [1.165, 1.54) is 0 Å². The van der Waals surface area contributed by atoms with Crippen molar-refractivity contribution in [1.82, 2.24) is 15.1 Å². The van der Waals surface area contributed by atoms with Crippen LogP contribution < -0.4 is 10.6 Å². The van der Waals surface area contributed by atoms with Crippen molar-refractivity contribution >= 4 is 23.5 Å². The van der Waals surface area contributed by atoms with Gasteiger partial charge in [-0.25, -0.2) is 4.79 Å². The Morgan fingerprint density at radius 1 is 1.30 bits per heavy atom. The van der Waals surface area contributed by atoms with Gasteiger partial charge in [-0.1, -0.05) is 13.0 Å². The molecule has 0 radical (unpaired) electrons. The number of piperazine rings is 1. The fourth-order valence-electron chi connectivity index (χ4n) is 2.68. The number of likely N-dealkylation sites (N-methyl/N-ethyl adjacent to an activating group) is 1. The van der Waals surface area contributed by atoms with Crippen molar-refractivity contribution in [3.8, 4) is 0 Å². The van der Waals surface area contributed by atoms with E-state index < -0.39 is 0 Å². The number of carbonyl (C=O) groups excluding carboxylic acids is 1. The second-order valence-corrected chi connectivity index (χ2v) is 7.16. The molecule has 0 saturated carbocycles. The third kappa shape index (κ3) is 6.41. The van der Waals surface area contributed by atoms with Gasteiger partial charge in [0.05, 0.1) is 0 Å². The highest BCUT2D eigenvalue weighted by Gasteiger charge is 2.16. The van der Waals surface area contributed by atoms with Gasteiger partial charge in [0, 0.05) is 49.9 Å². The van der Waals surface area contributed by atoms with Gasteiger partial charge in [-0.2, -0.15) is 0 Å². The molecule has 1 saturated heterocycles. The van der Waals surface area contributed by atoms with E-state index in [4.69, 9.17) is 0 Å². The number of nitrogens with zero attached hydrogens (tertiary/aromatic N) is 2. The highest BCUT2D eigenvalue weighted by atomic mass is 32.2. The minimum absolute atomic E-state index is 0.131. The first-order valence-corrected chi connectivity index (χ1v) is 9.39. The molecule has 0 aliphatic carbocycles. The average molecular weight is 337 g/mol. The molecule has 23 heavy (non-hydrogen) atoms. The van der Waals surface area contributed by atoms with Gasteiger partial charge in [-0.3, -0.25) is 0 Å². The topological polar surface area (TPSA) is 47.6 Å². The minimum atomic E-state index is -0.131. The molecule has 128 valence electrons. The van der Waals surface area contributed by atoms with Crippen molar-refractivity contribution in [2.75, 3.05) is 57.9 Å². The summed E-state index contributed by atoms with van der Waals surface area (Å²) < 4.78 is 0. The molecule has 5 nitrogen and oxygen atoms in total. The molecule has 0 spiro atoms. The summed E-state index contributed by atoms with van der Waals surface area (Å²) in [6.45, 7) is 8.42. The number of anilines is 1. The van der Waals surface area contributed by atoms with E-state index in [-0.39, 0.29) is 6.03 Å². The zero-order valence-corrected chi connectivity index (χ0v) is 15.2. The van der Waals surface area contributed by atoms with E-state index in [0.717, 1.165) is 43.3 Å². The zero-order valence-electron chi connectivity index (χ0n) is 14.3. The maximum atomic E-state index is 12.0. The molecule has 1 fully saturated rings. The first kappa shape index (κ1) is 18.1. The molecule has 2 amide bonds. The van der Waals surface area contributed by atoms with Gasteiger partial charge >= 0.3 is 6.03 Å². The Kier molecular flexibility index (Phi) is 7.20. The lowest BCUT2D eigenvalue weighted by Crippen LogP contribution is -2.47.